The van der Waals surface area contributed by atoms with Crippen LogP contribution < -0.4 is 26.0 Å². The molecule has 2 aromatic carbocycles. The molecule has 4 amide bonds. The van der Waals surface area contributed by atoms with Crippen LogP contribution >= 0.6 is 0 Å². The number of fused-ring (bicyclic) bond motifs is 2. The minimum absolute atomic E-state index is 0.0743. The summed E-state index contributed by atoms with van der Waals surface area (Å²) in [4.78, 5) is 56.9. The average Bonchev–Trinajstić information content (AvgIpc) is 3.52. The maximum atomic E-state index is 13.7. The fourth-order valence-electron chi connectivity index (χ4n) is 4.72. The third-order valence-electron chi connectivity index (χ3n) is 7.13. The van der Waals surface area contributed by atoms with E-state index in [0.717, 1.165) is 18.2 Å². The van der Waals surface area contributed by atoms with Crippen molar-refractivity contribution in [2.24, 2.45) is 0 Å². The Balaban J connectivity index is 1.60. The van der Waals surface area contributed by atoms with E-state index in [1.807, 2.05) is 37.3 Å². The predicted molar refractivity (Wildman–Crippen MR) is 161 cm³/mol. The van der Waals surface area contributed by atoms with Gasteiger partial charge in [-0.1, -0.05) is 37.3 Å². The Morgan fingerprint density at radius 1 is 1.07 bits per heavy atom. The summed E-state index contributed by atoms with van der Waals surface area (Å²) >= 11 is 0. The predicted octanol–water partition coefficient (Wildman–Crippen LogP) is 2.44. The zero-order chi connectivity index (χ0) is 31.5. The average molecular weight is 606 g/mol. The lowest BCUT2D eigenvalue weighted by atomic mass is 10.0. The molecule has 4 atom stereocenters. The lowest BCUT2D eigenvalue weighted by molar-refractivity contribution is -0.125. The highest BCUT2D eigenvalue weighted by Gasteiger charge is 2.30. The zero-order valence-corrected chi connectivity index (χ0v) is 24.9. The Morgan fingerprint density at radius 3 is 2.52 bits per heavy atom. The molecule has 5 N–H and O–H groups in total. The van der Waals surface area contributed by atoms with E-state index in [2.05, 4.69) is 26.3 Å². The van der Waals surface area contributed by atoms with E-state index in [1.165, 1.54) is 6.92 Å². The second-order valence-corrected chi connectivity index (χ2v) is 10.7. The quantitative estimate of drug-likeness (QED) is 0.261. The molecule has 0 saturated carbocycles. The van der Waals surface area contributed by atoms with E-state index in [0.29, 0.717) is 37.2 Å². The molecule has 0 saturated heterocycles. The van der Waals surface area contributed by atoms with Gasteiger partial charge in [0.15, 0.2) is 5.69 Å². The van der Waals surface area contributed by atoms with Crippen molar-refractivity contribution in [1.29, 1.82) is 0 Å². The fourth-order valence-corrected chi connectivity index (χ4v) is 4.72. The Hall–Kier alpha value is -4.71. The van der Waals surface area contributed by atoms with Gasteiger partial charge in [0.25, 0.3) is 11.8 Å². The number of hydrogen-bond acceptors (Lipinski definition) is 8. The molecule has 4 rings (SSSR count). The van der Waals surface area contributed by atoms with Gasteiger partial charge in [0.2, 0.25) is 17.7 Å². The summed E-state index contributed by atoms with van der Waals surface area (Å²) in [6, 6.07) is 13.2. The van der Waals surface area contributed by atoms with Crippen LogP contribution in [-0.4, -0.2) is 65.1 Å². The van der Waals surface area contributed by atoms with Crippen molar-refractivity contribution in [3.63, 3.8) is 0 Å². The molecule has 44 heavy (non-hydrogen) atoms. The highest BCUT2D eigenvalue weighted by molar-refractivity contribution is 5.98. The third kappa shape index (κ3) is 8.90. The summed E-state index contributed by atoms with van der Waals surface area (Å²) in [5, 5.41) is 21.2. The minimum atomic E-state index is -1.21. The van der Waals surface area contributed by atoms with Crippen molar-refractivity contribution in [3.05, 3.63) is 83.6 Å². The molecule has 234 valence electrons. The van der Waals surface area contributed by atoms with Crippen LogP contribution in [0.2, 0.25) is 0 Å². The number of carbonyl (C=O) groups is 4. The van der Waals surface area contributed by atoms with Crippen LogP contribution in [0.3, 0.4) is 0 Å². The summed E-state index contributed by atoms with van der Waals surface area (Å²) in [6.07, 6.45) is 2.39. The van der Waals surface area contributed by atoms with Gasteiger partial charge in [-0.05, 0) is 62.4 Å². The van der Waals surface area contributed by atoms with Gasteiger partial charge in [-0.2, -0.15) is 0 Å². The van der Waals surface area contributed by atoms with Crippen molar-refractivity contribution in [3.8, 4) is 5.75 Å². The van der Waals surface area contributed by atoms with E-state index >= 15 is 0 Å². The summed E-state index contributed by atoms with van der Waals surface area (Å²) in [6.45, 7) is 4.21. The van der Waals surface area contributed by atoms with Crippen LogP contribution in [0.4, 0.5) is 0 Å². The molecule has 1 aromatic heterocycles. The maximum absolute atomic E-state index is 13.7. The number of oxazole rings is 1. The second-order valence-electron chi connectivity index (χ2n) is 10.7. The van der Waals surface area contributed by atoms with Gasteiger partial charge in [-0.3, -0.25) is 19.2 Å². The van der Waals surface area contributed by atoms with E-state index in [-0.39, 0.29) is 24.6 Å². The van der Waals surface area contributed by atoms with Gasteiger partial charge in [-0.25, -0.2) is 4.98 Å². The van der Waals surface area contributed by atoms with Crippen LogP contribution in [-0.2, 0) is 16.0 Å². The topological polar surface area (TPSA) is 172 Å². The monoisotopic (exact) mass is 605 g/mol. The highest BCUT2D eigenvalue weighted by Crippen LogP contribution is 2.20. The maximum Gasteiger partial charge on any atom is 0.273 e. The number of rotatable bonds is 8. The number of nitrogens with zero attached hydrogens (tertiary/aromatic N) is 1. The van der Waals surface area contributed by atoms with Crippen molar-refractivity contribution >= 4 is 23.6 Å². The number of nitrogens with one attached hydrogen (secondary N) is 4. The number of hydrogen-bond donors (Lipinski definition) is 5. The number of ether oxygens (including phenoxy) is 1. The standard InChI is InChI=1S/C32H39N5O7/c1-3-17-43-23-14-12-22(13-15-23)28(39)34-24-11-7-8-16-33-31(42)27(20(2)38)37-30(41)26-19-44-32(36-26)25(35-29(24)40)18-21-9-5-4-6-10-21/h4-6,9-10,12-15,19-20,24-25,27,38H,3,7-8,11,16-18H2,1-2H3,(H,33,42)(H,34,39)(H,35,40)(H,37,41)/t20-,24+,25+,27+/m1/s1. The third-order valence-corrected chi connectivity index (χ3v) is 7.13. The van der Waals surface area contributed by atoms with Crippen LogP contribution in [0.1, 0.15) is 77.9 Å². The number of amides is 4. The Bertz CT molecular complexity index is 1410. The summed E-state index contributed by atoms with van der Waals surface area (Å²) < 4.78 is 11.2. The van der Waals surface area contributed by atoms with Crippen LogP contribution in [0.25, 0.3) is 0 Å². The van der Waals surface area contributed by atoms with Crippen LogP contribution in [0.5, 0.6) is 5.75 Å². The Morgan fingerprint density at radius 2 is 1.82 bits per heavy atom. The molecule has 0 fully saturated rings. The number of aliphatic hydroxyl groups is 1. The Labute approximate surface area is 256 Å². The van der Waals surface area contributed by atoms with Gasteiger partial charge in [0, 0.05) is 18.5 Å². The molecule has 0 aliphatic carbocycles. The van der Waals surface area contributed by atoms with E-state index < -0.39 is 47.9 Å². The molecule has 1 aliphatic rings. The number of aromatic nitrogens is 1. The van der Waals surface area contributed by atoms with Gasteiger partial charge in [-0.15, -0.1) is 0 Å². The number of benzene rings is 2. The summed E-state index contributed by atoms with van der Waals surface area (Å²) in [7, 11) is 0. The van der Waals surface area contributed by atoms with E-state index in [9.17, 15) is 24.3 Å². The highest BCUT2D eigenvalue weighted by atomic mass is 16.5. The minimum Gasteiger partial charge on any atom is -0.494 e. The van der Waals surface area contributed by atoms with Gasteiger partial charge < -0.3 is 35.5 Å². The van der Waals surface area contributed by atoms with E-state index in [4.69, 9.17) is 9.15 Å². The van der Waals surface area contributed by atoms with Crippen molar-refractivity contribution in [1.82, 2.24) is 26.3 Å². The van der Waals surface area contributed by atoms with Gasteiger partial charge in [0.1, 0.15) is 30.1 Å². The molecular weight excluding hydrogens is 566 g/mol. The number of carbonyl (C=O) groups excluding carboxylic acids is 4. The fraction of sp³-hybridized carbons (Fsp3) is 0.406. The zero-order valence-electron chi connectivity index (χ0n) is 24.9. The molecule has 0 radical (unpaired) electrons. The summed E-state index contributed by atoms with van der Waals surface area (Å²) in [5.41, 5.74) is 1.14. The lowest BCUT2D eigenvalue weighted by Crippen LogP contribution is -2.52. The van der Waals surface area contributed by atoms with Crippen molar-refractivity contribution in [2.75, 3.05) is 13.2 Å². The van der Waals surface area contributed by atoms with Crippen molar-refractivity contribution in [2.45, 2.75) is 70.2 Å². The molecule has 2 heterocycles. The molecule has 3 aromatic rings. The second kappa shape index (κ2) is 15.7. The first kappa shape index (κ1) is 32.2. The molecule has 0 spiro atoms. The number of aliphatic hydroxyl groups excluding tert-OH is 1. The largest absolute Gasteiger partial charge is 0.494 e. The SMILES string of the molecule is CCCOc1ccc(C(=O)N[C@H]2CCCCNC(=O)[C@H]([C@@H](C)O)NC(=O)c3coc(n3)[C@H](Cc3ccccc3)NC2=O)cc1. The normalized spacial score (nSPS) is 20.5. The van der Waals surface area contributed by atoms with E-state index in [1.54, 1.807) is 24.3 Å². The molecular formula is C32H39N5O7. The Kier molecular flexibility index (Phi) is 11.5. The molecule has 2 bridgehead atoms. The van der Waals surface area contributed by atoms with Gasteiger partial charge in [0.05, 0.1) is 12.7 Å². The summed E-state index contributed by atoms with van der Waals surface area (Å²) in [5.74, 6) is -1.42. The molecule has 12 nitrogen and oxygen atoms in total. The first-order valence-electron chi connectivity index (χ1n) is 14.8. The van der Waals surface area contributed by atoms with Gasteiger partial charge >= 0.3 is 0 Å². The first-order valence-corrected chi connectivity index (χ1v) is 14.8. The lowest BCUT2D eigenvalue weighted by Gasteiger charge is -2.23. The molecule has 0 unspecified atom stereocenters. The van der Waals surface area contributed by atoms with Crippen molar-refractivity contribution < 1.29 is 33.4 Å². The van der Waals surface area contributed by atoms with Crippen LogP contribution in [0.15, 0.2) is 65.3 Å². The molecule has 1 aliphatic heterocycles. The molecule has 12 heteroatoms. The smallest absolute Gasteiger partial charge is 0.273 e. The first-order chi connectivity index (χ1) is 21.2. The van der Waals surface area contributed by atoms with Crippen LogP contribution in [0, 0.1) is 0 Å².